The first kappa shape index (κ1) is 83.3. The maximum absolute atomic E-state index is 11.7. The van der Waals surface area contributed by atoms with E-state index in [1.54, 1.807) is 153 Å². The van der Waals surface area contributed by atoms with E-state index in [1.165, 1.54) is 54.9 Å². The molecule has 0 radical (unpaired) electrons. The minimum Gasteiger partial charge on any atom is -0.504 e. The Balaban J connectivity index is 0.000000207. The molecule has 28 nitrogen and oxygen atoms in total. The maximum Gasteiger partial charge on any atom is 0.488 e. The highest BCUT2D eigenvalue weighted by Crippen LogP contribution is 2.28. The van der Waals surface area contributed by atoms with Crippen molar-refractivity contribution in [2.24, 2.45) is 0 Å². The molecular formula is C77H82BBrN12O16. The van der Waals surface area contributed by atoms with E-state index in [0.29, 0.717) is 70.2 Å². The largest absolute Gasteiger partial charge is 0.504 e. The fourth-order valence-electron chi connectivity index (χ4n) is 8.46. The number of hydrogen-bond donors (Lipinski definition) is 9. The fraction of sp³-hybridized carbons (Fsp3) is 0.208. The third kappa shape index (κ3) is 29.5. The summed E-state index contributed by atoms with van der Waals surface area (Å²) in [6.07, 6.45) is 11.2. The highest BCUT2D eigenvalue weighted by Gasteiger charge is 2.20. The number of hydrogen-bond acceptors (Lipinski definition) is 24. The molecule has 0 aliphatic rings. The summed E-state index contributed by atoms with van der Waals surface area (Å²) in [5.74, 6) is 0.666. The molecule has 107 heavy (non-hydrogen) atoms. The van der Waals surface area contributed by atoms with Gasteiger partial charge in [-0.3, -0.25) is 25.9 Å². The van der Waals surface area contributed by atoms with Crippen LogP contribution in [0.4, 0.5) is 43.3 Å². The molecule has 0 bridgehead atoms. The number of aromatic carboxylic acids is 1. The van der Waals surface area contributed by atoms with Crippen molar-refractivity contribution in [3.05, 3.63) is 228 Å². The quantitative estimate of drug-likeness (QED) is 0.0294. The van der Waals surface area contributed by atoms with Crippen molar-refractivity contribution in [1.29, 1.82) is 0 Å². The maximum atomic E-state index is 11.7. The minimum atomic E-state index is -1.51. The number of carbonyl (C=O) groups is 6. The number of nitrogens with two attached hydrogens (primary N) is 2. The molecule has 7 aromatic heterocycles. The third-order valence-corrected chi connectivity index (χ3v) is 13.8. The van der Waals surface area contributed by atoms with Gasteiger partial charge in [-0.15, -0.1) is 0 Å². The van der Waals surface area contributed by atoms with Crippen LogP contribution in [0.2, 0.25) is 0 Å². The average Bonchev–Trinajstić information content (AvgIpc) is 1.74. The topological polar surface area (TPSA) is 421 Å². The van der Waals surface area contributed by atoms with Crippen molar-refractivity contribution in [2.45, 2.75) is 93.0 Å². The normalized spacial score (nSPS) is 10.6. The molecule has 30 heteroatoms. The van der Waals surface area contributed by atoms with Gasteiger partial charge in [0.05, 0.1) is 48.0 Å². The number of esters is 2. The number of benzene rings is 4. The second-order valence-corrected chi connectivity index (χ2v) is 26.3. The van der Waals surface area contributed by atoms with Crippen LogP contribution in [0, 0.1) is 0 Å². The second-order valence-electron chi connectivity index (χ2n) is 25.3. The van der Waals surface area contributed by atoms with Gasteiger partial charge in [-0.25, -0.2) is 53.7 Å². The first-order valence-corrected chi connectivity index (χ1v) is 33.6. The number of nitrogen functional groups attached to an aromatic ring is 2. The molecule has 7 heterocycles. The predicted molar refractivity (Wildman–Crippen MR) is 411 cm³/mol. The van der Waals surface area contributed by atoms with E-state index in [4.69, 9.17) is 59.8 Å². The zero-order valence-electron chi connectivity index (χ0n) is 60.5. The van der Waals surface area contributed by atoms with Gasteiger partial charge in [-0.2, -0.15) is 0 Å². The van der Waals surface area contributed by atoms with E-state index in [0.717, 1.165) is 48.9 Å². The van der Waals surface area contributed by atoms with Crippen LogP contribution >= 0.6 is 15.9 Å². The van der Waals surface area contributed by atoms with Crippen LogP contribution in [0.3, 0.4) is 0 Å². The molecule has 0 unspecified atom stereocenters. The lowest BCUT2D eigenvalue weighted by molar-refractivity contribution is 0.0517. The van der Waals surface area contributed by atoms with Crippen molar-refractivity contribution >= 4 is 105 Å². The van der Waals surface area contributed by atoms with Gasteiger partial charge in [0, 0.05) is 63.9 Å². The average molecular weight is 1520 g/mol. The number of halogens is 1. The Morgan fingerprint density at radius 3 is 1.21 bits per heavy atom. The number of aromatic nitrogens is 7. The Labute approximate surface area is 626 Å². The van der Waals surface area contributed by atoms with Crippen LogP contribution in [-0.2, 0) is 23.7 Å². The molecule has 0 aliphatic carbocycles. The number of rotatable bonds is 13. The van der Waals surface area contributed by atoms with Crippen molar-refractivity contribution in [1.82, 2.24) is 34.9 Å². The van der Waals surface area contributed by atoms with Gasteiger partial charge in [0.25, 0.3) is 0 Å². The van der Waals surface area contributed by atoms with E-state index in [2.05, 4.69) is 66.8 Å². The molecule has 4 aromatic carbocycles. The lowest BCUT2D eigenvalue weighted by atomic mass is 9.80. The van der Waals surface area contributed by atoms with Crippen LogP contribution < -0.4 is 32.9 Å². The summed E-state index contributed by atoms with van der Waals surface area (Å²) in [7, 11) is -1.51. The van der Waals surface area contributed by atoms with Crippen LogP contribution in [0.5, 0.6) is 5.75 Å². The number of nitrogens with zero attached hydrogens (tertiary/aromatic N) is 7. The Morgan fingerprint density at radius 2 is 0.850 bits per heavy atom. The zero-order chi connectivity index (χ0) is 78.4. The van der Waals surface area contributed by atoms with Crippen molar-refractivity contribution in [2.75, 3.05) is 40.6 Å². The molecule has 3 amide bonds. The number of aromatic hydroxyl groups is 1. The molecule has 0 fully saturated rings. The van der Waals surface area contributed by atoms with Crippen molar-refractivity contribution in [3.63, 3.8) is 0 Å². The van der Waals surface area contributed by atoms with Crippen LogP contribution in [0.15, 0.2) is 216 Å². The van der Waals surface area contributed by atoms with E-state index < -0.39 is 54.1 Å². The molecule has 556 valence electrons. The number of carboxylic acids is 1. The van der Waals surface area contributed by atoms with Gasteiger partial charge in [0.2, 0.25) is 5.89 Å². The van der Waals surface area contributed by atoms with Gasteiger partial charge in [-0.1, -0.05) is 48.5 Å². The molecule has 0 aliphatic heterocycles. The highest BCUT2D eigenvalue weighted by molar-refractivity contribution is 9.10. The second kappa shape index (κ2) is 39.8. The molecule has 11 aromatic rings. The number of fused-ring (bicyclic) bond motifs is 1. The Bertz CT molecular complexity index is 4620. The molecular weight excluding hydrogens is 1440 g/mol. The minimum absolute atomic E-state index is 0.0347. The molecule has 0 spiro atoms. The highest BCUT2D eigenvalue weighted by atomic mass is 79.9. The fourth-order valence-corrected chi connectivity index (χ4v) is 8.69. The number of amides is 3. The standard InChI is InChI=1S/C19H22N2O4.C17H12N4O.C17H18N2O4.C10H13BrN2O2.C9H11BO4.C5H6N2O/c1-5-24-17(22)14-8-6-13(7-9-14)15-10-11-16(20-12-15)21-18(23)25-19(2,3)4;18-16-6-5-13(9-20-16)11-1-3-12(4-2-11)17-21-14-7-8-19-10-15(14)22-17;1-17(2,3)23-16(22)19-14-9-8-13(10-18-14)11-4-6-12(7-5-11)15(20)21;1-10(2,3)15-9(14)13-8-5-4-7(11)6-12-8;1-2-14-9(11)7-3-5-8(6-4-7)10(12)13;6-4-1-2-7-3-5(4)8/h6-12H,5H2,1-4H3,(H,20,21,23);1-10H,(H2,18,20);4-10H,1-3H3,(H,20,21)(H,18,19,22);4-6H,1-3H3,(H,12,13,14);3-6,12-13H,2H2,1H3;1-3,8H,(H2,6,7). The Kier molecular flexibility index (Phi) is 31.0. The monoisotopic (exact) mass is 1520 g/mol. The molecule has 11 rings (SSSR count). The van der Waals surface area contributed by atoms with Gasteiger partial charge >= 0.3 is 43.3 Å². The van der Waals surface area contributed by atoms with Crippen molar-refractivity contribution in [3.8, 4) is 50.6 Å². The first-order valence-electron chi connectivity index (χ1n) is 32.8. The smallest absolute Gasteiger partial charge is 0.488 e. The summed E-state index contributed by atoms with van der Waals surface area (Å²) >= 11 is 3.25. The van der Waals surface area contributed by atoms with Crippen LogP contribution in [-0.4, -0.2) is 128 Å². The molecule has 0 atom stereocenters. The predicted octanol–water partition coefficient (Wildman–Crippen LogP) is 14.7. The van der Waals surface area contributed by atoms with Crippen LogP contribution in [0.1, 0.15) is 107 Å². The number of carboxylic acid groups (broad SMARTS) is 1. The summed E-state index contributed by atoms with van der Waals surface area (Å²) in [6.45, 7) is 20.3. The Hall–Kier alpha value is -12.7. The van der Waals surface area contributed by atoms with Gasteiger partial charge in [-0.05, 0) is 223 Å². The first-order chi connectivity index (χ1) is 50.6. The number of oxazole rings is 1. The third-order valence-electron chi connectivity index (χ3n) is 13.3. The van der Waals surface area contributed by atoms with Crippen molar-refractivity contribution < 1.29 is 77.1 Å². The molecule has 0 saturated carbocycles. The summed E-state index contributed by atoms with van der Waals surface area (Å²) in [6, 6.07) is 45.0. The van der Waals surface area contributed by atoms with Gasteiger partial charge in [0.15, 0.2) is 11.3 Å². The number of ether oxygens (including phenoxy) is 5. The lowest BCUT2D eigenvalue weighted by Crippen LogP contribution is -2.29. The summed E-state index contributed by atoms with van der Waals surface area (Å²) in [5.41, 5.74) is 18.9. The zero-order valence-corrected chi connectivity index (χ0v) is 62.1. The lowest BCUT2D eigenvalue weighted by Gasteiger charge is -2.19. The Morgan fingerprint density at radius 1 is 0.467 bits per heavy atom. The number of anilines is 5. The number of carbonyl (C=O) groups excluding carboxylic acids is 5. The number of pyridine rings is 6. The number of nitrogens with one attached hydrogen (secondary N) is 3. The van der Waals surface area contributed by atoms with Gasteiger partial charge < -0.3 is 59.8 Å². The summed E-state index contributed by atoms with van der Waals surface area (Å²) in [4.78, 5) is 96.9. The summed E-state index contributed by atoms with van der Waals surface area (Å²) < 4.78 is 31.7. The summed E-state index contributed by atoms with van der Waals surface area (Å²) in [5, 5.41) is 42.9. The van der Waals surface area contributed by atoms with Crippen LogP contribution in [0.25, 0.3) is 55.9 Å². The van der Waals surface area contributed by atoms with E-state index in [-0.39, 0.29) is 17.3 Å². The van der Waals surface area contributed by atoms with E-state index >= 15 is 0 Å². The SMILES string of the molecule is CC(C)(C)OC(=O)Nc1ccc(-c2ccc(C(=O)O)cc2)cn1.CC(C)(C)OC(=O)Nc1ccc(Br)cn1.CCOC(=O)c1ccc(-c2ccc(NC(=O)OC(C)(C)C)nc2)cc1.CCOC(=O)c1ccc(B(O)O)cc1.Nc1ccc(-c2ccc(-c3nc4ccncc4o3)cc2)cn1.Nc1ccncc1O. The molecule has 0 saturated heterocycles. The van der Waals surface area contributed by atoms with Gasteiger partial charge in [0.1, 0.15) is 45.6 Å². The molecule has 11 N–H and O–H groups in total. The van der Waals surface area contributed by atoms with E-state index in [9.17, 15) is 28.8 Å². The van der Waals surface area contributed by atoms with E-state index in [1.807, 2.05) is 75.4 Å².